The van der Waals surface area contributed by atoms with Crippen molar-refractivity contribution in [2.75, 3.05) is 0 Å². The number of aliphatic imine (C=N–C) groups is 1. The number of imidazole rings is 1. The smallest absolute Gasteiger partial charge is 0.436 e. The molecule has 0 aliphatic carbocycles. The van der Waals surface area contributed by atoms with Crippen molar-refractivity contribution in [3.63, 3.8) is 0 Å². The van der Waals surface area contributed by atoms with E-state index in [0.29, 0.717) is 15.6 Å². The molecule has 1 atom stereocenters. The molecule has 2 heterocycles. The van der Waals surface area contributed by atoms with Crippen molar-refractivity contribution in [1.29, 1.82) is 0 Å². The molecule has 4 nitrogen and oxygen atoms in total. The van der Waals surface area contributed by atoms with Gasteiger partial charge in [-0.25, -0.2) is 4.98 Å². The molecule has 30 heavy (non-hydrogen) atoms. The molecule has 8 heteroatoms. The normalized spacial score (nSPS) is 18.6. The van der Waals surface area contributed by atoms with E-state index in [1.54, 1.807) is 66.7 Å². The average molecular weight is 472 g/mol. The lowest BCUT2D eigenvalue weighted by Gasteiger charge is -2.40. The van der Waals surface area contributed by atoms with Crippen LogP contribution >= 0.6 is 15.9 Å². The number of para-hydroxylation sites is 2. The molecule has 0 radical (unpaired) electrons. The zero-order chi connectivity index (χ0) is 20.9. The summed E-state index contributed by atoms with van der Waals surface area (Å²) in [6.07, 6.45) is -4.81. The van der Waals surface area contributed by atoms with Gasteiger partial charge in [0.15, 0.2) is 0 Å². The van der Waals surface area contributed by atoms with Crippen LogP contribution in [0, 0.1) is 0 Å². The van der Waals surface area contributed by atoms with E-state index in [4.69, 9.17) is 4.74 Å². The predicted molar refractivity (Wildman–Crippen MR) is 111 cm³/mol. The second kappa shape index (κ2) is 6.70. The maximum atomic E-state index is 14.9. The van der Waals surface area contributed by atoms with E-state index >= 15 is 0 Å². The molecular formula is C22H13BrF3N3O. The Hall–Kier alpha value is -3.13. The van der Waals surface area contributed by atoms with Crippen LogP contribution in [-0.2, 0) is 10.5 Å². The van der Waals surface area contributed by atoms with Crippen LogP contribution in [0.1, 0.15) is 11.1 Å². The minimum atomic E-state index is -4.81. The van der Waals surface area contributed by atoms with Crippen LogP contribution in [0.4, 0.5) is 19.1 Å². The summed E-state index contributed by atoms with van der Waals surface area (Å²) in [5, 5.41) is 0. The molecule has 0 spiro atoms. The number of hydrogen-bond donors (Lipinski definition) is 0. The van der Waals surface area contributed by atoms with Crippen molar-refractivity contribution in [1.82, 2.24) is 9.55 Å². The van der Waals surface area contributed by atoms with Crippen LogP contribution in [0.2, 0.25) is 0 Å². The SMILES string of the molecule is FC(F)(F)[C@@]1(c2ccccc2)OC(c2cccc(Br)c2)=Nc2nc3ccccc3n21. The quantitative estimate of drug-likeness (QED) is 0.350. The van der Waals surface area contributed by atoms with Crippen LogP contribution in [0.25, 0.3) is 11.0 Å². The van der Waals surface area contributed by atoms with E-state index in [9.17, 15) is 13.2 Å². The summed E-state index contributed by atoms with van der Waals surface area (Å²) in [6.45, 7) is 0. The van der Waals surface area contributed by atoms with E-state index in [1.165, 1.54) is 12.1 Å². The van der Waals surface area contributed by atoms with Gasteiger partial charge in [0.2, 0.25) is 11.8 Å². The van der Waals surface area contributed by atoms with Crippen molar-refractivity contribution < 1.29 is 17.9 Å². The first-order valence-electron chi connectivity index (χ1n) is 9.04. The zero-order valence-electron chi connectivity index (χ0n) is 15.3. The minimum absolute atomic E-state index is 0.0655. The summed E-state index contributed by atoms with van der Waals surface area (Å²) < 4.78 is 52.2. The molecule has 0 saturated heterocycles. The van der Waals surface area contributed by atoms with Gasteiger partial charge < -0.3 is 4.74 Å². The number of nitrogens with zero attached hydrogens (tertiary/aromatic N) is 3. The Kier molecular flexibility index (Phi) is 4.21. The molecule has 1 aromatic heterocycles. The maximum Gasteiger partial charge on any atom is 0.454 e. The second-order valence-electron chi connectivity index (χ2n) is 6.77. The van der Waals surface area contributed by atoms with Crippen molar-refractivity contribution in [3.8, 4) is 0 Å². The number of rotatable bonds is 2. The van der Waals surface area contributed by atoms with Gasteiger partial charge in [0.05, 0.1) is 11.0 Å². The predicted octanol–water partition coefficient (Wildman–Crippen LogP) is 6.17. The molecular weight excluding hydrogens is 459 g/mol. The van der Waals surface area contributed by atoms with E-state index in [-0.39, 0.29) is 22.9 Å². The molecule has 0 N–H and O–H groups in total. The van der Waals surface area contributed by atoms with Crippen molar-refractivity contribution in [2.45, 2.75) is 11.9 Å². The topological polar surface area (TPSA) is 39.4 Å². The van der Waals surface area contributed by atoms with Gasteiger partial charge in [0.1, 0.15) is 0 Å². The van der Waals surface area contributed by atoms with Crippen LogP contribution < -0.4 is 0 Å². The third kappa shape index (κ3) is 2.74. The highest BCUT2D eigenvalue weighted by Crippen LogP contribution is 2.49. The Morgan fingerprint density at radius 1 is 0.900 bits per heavy atom. The number of halogens is 4. The van der Waals surface area contributed by atoms with E-state index < -0.39 is 11.9 Å². The molecule has 150 valence electrons. The summed E-state index contributed by atoms with van der Waals surface area (Å²) in [5.41, 5.74) is -1.79. The summed E-state index contributed by atoms with van der Waals surface area (Å²) in [5.74, 6) is -0.223. The Labute approximate surface area is 177 Å². The fraction of sp³-hybridized carbons (Fsp3) is 0.0909. The summed E-state index contributed by atoms with van der Waals surface area (Å²) >= 11 is 3.35. The zero-order valence-corrected chi connectivity index (χ0v) is 16.9. The monoisotopic (exact) mass is 471 g/mol. The first kappa shape index (κ1) is 18.9. The Bertz CT molecular complexity index is 1280. The first-order chi connectivity index (χ1) is 14.4. The Morgan fingerprint density at radius 2 is 1.63 bits per heavy atom. The number of ether oxygens (including phenoxy) is 1. The largest absolute Gasteiger partial charge is 0.454 e. The minimum Gasteiger partial charge on any atom is -0.436 e. The van der Waals surface area contributed by atoms with Gasteiger partial charge in [-0.3, -0.25) is 4.57 Å². The van der Waals surface area contributed by atoms with Gasteiger partial charge in [-0.2, -0.15) is 18.2 Å². The lowest BCUT2D eigenvalue weighted by atomic mass is 10.00. The molecule has 0 bridgehead atoms. The van der Waals surface area contributed by atoms with Crippen LogP contribution in [0.15, 0.2) is 88.3 Å². The highest BCUT2D eigenvalue weighted by Gasteiger charge is 2.63. The Balaban J connectivity index is 1.88. The average Bonchev–Trinajstić information content (AvgIpc) is 3.11. The lowest BCUT2D eigenvalue weighted by molar-refractivity contribution is -0.271. The fourth-order valence-corrected chi connectivity index (χ4v) is 4.04. The number of alkyl halides is 3. The van der Waals surface area contributed by atoms with Crippen LogP contribution in [0.3, 0.4) is 0 Å². The van der Waals surface area contributed by atoms with Gasteiger partial charge in [-0.15, -0.1) is 0 Å². The van der Waals surface area contributed by atoms with Crippen LogP contribution in [-0.4, -0.2) is 21.6 Å². The maximum absolute atomic E-state index is 14.9. The second-order valence-corrected chi connectivity index (χ2v) is 7.69. The number of fused-ring (bicyclic) bond motifs is 3. The van der Waals surface area contributed by atoms with E-state index in [0.717, 1.165) is 4.57 Å². The molecule has 0 unspecified atom stereocenters. The molecule has 3 aromatic carbocycles. The summed E-state index contributed by atoms with van der Waals surface area (Å²) in [6, 6.07) is 21.0. The van der Waals surface area contributed by atoms with Gasteiger partial charge in [-0.1, -0.05) is 64.5 Å². The molecule has 0 saturated carbocycles. The fourth-order valence-electron chi connectivity index (χ4n) is 3.64. The van der Waals surface area contributed by atoms with Crippen molar-refractivity contribution in [3.05, 3.63) is 94.5 Å². The first-order valence-corrected chi connectivity index (χ1v) is 9.83. The third-order valence-corrected chi connectivity index (χ3v) is 5.42. The van der Waals surface area contributed by atoms with E-state index in [1.807, 2.05) is 0 Å². The third-order valence-electron chi connectivity index (χ3n) is 4.92. The molecule has 1 aliphatic rings. The van der Waals surface area contributed by atoms with Crippen molar-refractivity contribution >= 4 is 38.8 Å². The summed E-state index contributed by atoms with van der Waals surface area (Å²) in [7, 11) is 0. The molecule has 0 fully saturated rings. The van der Waals surface area contributed by atoms with Gasteiger partial charge in [-0.05, 0) is 30.3 Å². The van der Waals surface area contributed by atoms with Gasteiger partial charge in [0.25, 0.3) is 0 Å². The molecule has 1 aliphatic heterocycles. The number of aromatic nitrogens is 2. The highest BCUT2D eigenvalue weighted by molar-refractivity contribution is 9.10. The summed E-state index contributed by atoms with van der Waals surface area (Å²) in [4.78, 5) is 8.72. The van der Waals surface area contributed by atoms with Gasteiger partial charge >= 0.3 is 11.9 Å². The number of hydrogen-bond acceptors (Lipinski definition) is 3. The standard InChI is InChI=1S/C22H13BrF3N3O/c23-16-10-6-7-14(13-16)19-28-20-27-17-11-4-5-12-18(17)29(20)21(30-19,22(24,25)26)15-8-2-1-3-9-15/h1-13H/t21-/m1/s1. The Morgan fingerprint density at radius 3 is 2.37 bits per heavy atom. The van der Waals surface area contributed by atoms with E-state index in [2.05, 4.69) is 25.9 Å². The molecule has 5 rings (SSSR count). The number of benzene rings is 3. The van der Waals surface area contributed by atoms with Crippen molar-refractivity contribution in [2.24, 2.45) is 4.99 Å². The lowest BCUT2D eigenvalue weighted by Crippen LogP contribution is -2.53. The molecule has 0 amide bonds. The highest BCUT2D eigenvalue weighted by atomic mass is 79.9. The molecule has 4 aromatic rings. The van der Waals surface area contributed by atoms with Crippen LogP contribution in [0.5, 0.6) is 0 Å². The van der Waals surface area contributed by atoms with Gasteiger partial charge in [0, 0.05) is 15.6 Å².